The van der Waals surface area contributed by atoms with Gasteiger partial charge >= 0.3 is 0 Å². The van der Waals surface area contributed by atoms with E-state index in [2.05, 4.69) is 10.2 Å². The number of carbonyl (C=O) groups is 1. The van der Waals surface area contributed by atoms with Crippen molar-refractivity contribution in [1.82, 2.24) is 4.90 Å². The Morgan fingerprint density at radius 1 is 1.00 bits per heavy atom. The van der Waals surface area contributed by atoms with E-state index in [0.717, 1.165) is 11.1 Å². The number of rotatable bonds is 11. The summed E-state index contributed by atoms with van der Waals surface area (Å²) < 4.78 is 22.4. The van der Waals surface area contributed by atoms with Gasteiger partial charge in [-0.1, -0.05) is 35.3 Å². The Morgan fingerprint density at radius 2 is 1.82 bits per heavy atom. The number of halogens is 2. The molecule has 9 nitrogen and oxygen atoms in total. The number of furan rings is 1. The number of aromatic hydroxyl groups is 1. The predicted octanol–water partition coefficient (Wildman–Crippen LogP) is 7.78. The van der Waals surface area contributed by atoms with Crippen molar-refractivity contribution in [3.8, 4) is 23.0 Å². The minimum absolute atomic E-state index is 0.0360. The maximum Gasteiger partial charge on any atom is 0.267 e. The standard InChI is InChI=1S/C32H27Cl2N3O6S/c1-3-41-28-14-21(6-10-26(28)38)17-35-36-32-37(18-24-5-4-12-42-24)31(39)30(44-32)15-20-7-11-27(29(13-20)40-2)43-19-22-8-9-23(33)16-25(22)34/h4-17,38H,3,18-19H2,1-2H3/b30-15-,35-17-,36-32+. The summed E-state index contributed by atoms with van der Waals surface area (Å²) in [6.45, 7) is 2.64. The van der Waals surface area contributed by atoms with Crippen LogP contribution in [0.2, 0.25) is 10.0 Å². The first kappa shape index (κ1) is 31.1. The van der Waals surface area contributed by atoms with Crippen LogP contribution in [-0.2, 0) is 17.9 Å². The molecule has 0 atom stereocenters. The molecule has 44 heavy (non-hydrogen) atoms. The fourth-order valence-corrected chi connectivity index (χ4v) is 5.54. The first-order valence-electron chi connectivity index (χ1n) is 13.4. The molecule has 226 valence electrons. The maximum absolute atomic E-state index is 13.5. The largest absolute Gasteiger partial charge is 0.504 e. The Balaban J connectivity index is 1.37. The Labute approximate surface area is 268 Å². The molecule has 4 aromatic rings. The summed E-state index contributed by atoms with van der Waals surface area (Å²) in [5, 5.41) is 19.9. The summed E-state index contributed by atoms with van der Waals surface area (Å²) in [5.41, 5.74) is 2.18. The normalized spacial score (nSPS) is 15.1. The van der Waals surface area contributed by atoms with E-state index in [1.165, 1.54) is 28.9 Å². The highest BCUT2D eigenvalue weighted by atomic mass is 35.5. The third kappa shape index (κ3) is 7.57. The van der Waals surface area contributed by atoms with Gasteiger partial charge in [0.2, 0.25) is 0 Å². The van der Waals surface area contributed by atoms with Crippen LogP contribution >= 0.6 is 35.0 Å². The zero-order valence-electron chi connectivity index (χ0n) is 23.7. The highest BCUT2D eigenvalue weighted by molar-refractivity contribution is 8.18. The molecular weight excluding hydrogens is 625 g/mol. The molecule has 1 aliphatic rings. The van der Waals surface area contributed by atoms with Gasteiger partial charge < -0.3 is 23.7 Å². The van der Waals surface area contributed by atoms with Crippen LogP contribution in [-0.4, -0.2) is 41.0 Å². The molecule has 1 saturated heterocycles. The molecule has 5 rings (SSSR count). The lowest BCUT2D eigenvalue weighted by molar-refractivity contribution is -0.122. The Hall–Kier alpha value is -4.38. The van der Waals surface area contributed by atoms with Crippen molar-refractivity contribution in [3.63, 3.8) is 0 Å². The van der Waals surface area contributed by atoms with E-state index in [4.69, 9.17) is 41.8 Å². The summed E-state index contributed by atoms with van der Waals surface area (Å²) >= 11 is 13.5. The van der Waals surface area contributed by atoms with E-state index in [-0.39, 0.29) is 24.8 Å². The molecule has 0 radical (unpaired) electrons. The molecule has 0 spiro atoms. The van der Waals surface area contributed by atoms with Crippen LogP contribution in [0.4, 0.5) is 0 Å². The Kier molecular flexibility index (Phi) is 10.2. The third-order valence-corrected chi connectivity index (χ3v) is 7.88. The summed E-state index contributed by atoms with van der Waals surface area (Å²) in [4.78, 5) is 15.5. The van der Waals surface area contributed by atoms with Gasteiger partial charge in [0.05, 0.1) is 37.6 Å². The maximum atomic E-state index is 13.5. The van der Waals surface area contributed by atoms with Gasteiger partial charge in [-0.3, -0.25) is 9.69 Å². The lowest BCUT2D eigenvalue weighted by Gasteiger charge is -2.13. The number of amidine groups is 1. The summed E-state index contributed by atoms with van der Waals surface area (Å²) in [7, 11) is 1.54. The van der Waals surface area contributed by atoms with Crippen molar-refractivity contribution in [2.75, 3.05) is 13.7 Å². The van der Waals surface area contributed by atoms with Crippen LogP contribution in [0, 0.1) is 0 Å². The number of benzene rings is 3. The van der Waals surface area contributed by atoms with Gasteiger partial charge in [0, 0.05) is 15.6 Å². The van der Waals surface area contributed by atoms with Gasteiger partial charge in [0.15, 0.2) is 28.2 Å². The molecule has 1 N–H and O–H groups in total. The minimum Gasteiger partial charge on any atom is -0.504 e. The molecule has 1 fully saturated rings. The van der Waals surface area contributed by atoms with Crippen molar-refractivity contribution >= 4 is 58.3 Å². The minimum atomic E-state index is -0.250. The second kappa shape index (κ2) is 14.4. The number of carbonyl (C=O) groups excluding carboxylic acids is 1. The molecule has 1 aromatic heterocycles. The fourth-order valence-electron chi connectivity index (χ4n) is 4.15. The van der Waals surface area contributed by atoms with Crippen molar-refractivity contribution < 1.29 is 28.5 Å². The number of methoxy groups -OCH3 is 1. The summed E-state index contributed by atoms with van der Waals surface area (Å²) in [6, 6.07) is 19.0. The lowest BCUT2D eigenvalue weighted by Crippen LogP contribution is -2.28. The zero-order chi connectivity index (χ0) is 31.1. The molecular formula is C32H27Cl2N3O6S. The smallest absolute Gasteiger partial charge is 0.267 e. The van der Waals surface area contributed by atoms with Crippen LogP contribution in [0.5, 0.6) is 23.0 Å². The lowest BCUT2D eigenvalue weighted by atomic mass is 10.1. The first-order valence-corrected chi connectivity index (χ1v) is 15.0. The highest BCUT2D eigenvalue weighted by Crippen LogP contribution is 2.36. The quantitative estimate of drug-likeness (QED) is 0.100. The molecule has 0 unspecified atom stereocenters. The van der Waals surface area contributed by atoms with Gasteiger partial charge in [0.1, 0.15) is 12.4 Å². The van der Waals surface area contributed by atoms with Crippen molar-refractivity contribution in [1.29, 1.82) is 0 Å². The monoisotopic (exact) mass is 651 g/mol. The second-order valence-electron chi connectivity index (χ2n) is 9.30. The molecule has 12 heteroatoms. The first-order chi connectivity index (χ1) is 21.3. The molecule has 3 aromatic carbocycles. The van der Waals surface area contributed by atoms with E-state index >= 15 is 0 Å². The average Bonchev–Trinajstić information content (AvgIpc) is 3.63. The fraction of sp³-hybridized carbons (Fsp3) is 0.156. The molecule has 0 aliphatic carbocycles. The molecule has 0 saturated carbocycles. The average molecular weight is 653 g/mol. The van der Waals surface area contributed by atoms with Crippen LogP contribution < -0.4 is 14.2 Å². The van der Waals surface area contributed by atoms with Gasteiger partial charge in [0.25, 0.3) is 5.91 Å². The predicted molar refractivity (Wildman–Crippen MR) is 173 cm³/mol. The van der Waals surface area contributed by atoms with Crippen LogP contribution in [0.3, 0.4) is 0 Å². The van der Waals surface area contributed by atoms with E-state index in [1.807, 2.05) is 13.0 Å². The zero-order valence-corrected chi connectivity index (χ0v) is 26.0. The van der Waals surface area contributed by atoms with Gasteiger partial charge in [-0.05, 0) is 90.5 Å². The van der Waals surface area contributed by atoms with Crippen LogP contribution in [0.15, 0.2) is 92.5 Å². The molecule has 0 bridgehead atoms. The van der Waals surface area contributed by atoms with Gasteiger partial charge in [-0.2, -0.15) is 5.10 Å². The van der Waals surface area contributed by atoms with E-state index in [1.54, 1.807) is 74.0 Å². The number of amides is 1. The topological polar surface area (TPSA) is 106 Å². The van der Waals surface area contributed by atoms with E-state index < -0.39 is 0 Å². The number of hydrogen-bond acceptors (Lipinski definition) is 9. The van der Waals surface area contributed by atoms with Crippen molar-refractivity contribution in [3.05, 3.63) is 110 Å². The van der Waals surface area contributed by atoms with Crippen LogP contribution in [0.1, 0.15) is 29.4 Å². The number of ether oxygens (including phenoxy) is 3. The third-order valence-electron chi connectivity index (χ3n) is 6.30. The Morgan fingerprint density at radius 3 is 2.57 bits per heavy atom. The number of thioether (sulfide) groups is 1. The summed E-state index contributed by atoms with van der Waals surface area (Å²) in [5.74, 6) is 1.74. The molecule has 1 amide bonds. The van der Waals surface area contributed by atoms with Gasteiger partial charge in [-0.25, -0.2) is 0 Å². The number of hydrogen-bond donors (Lipinski definition) is 1. The Bertz CT molecular complexity index is 1740. The van der Waals surface area contributed by atoms with Crippen molar-refractivity contribution in [2.45, 2.75) is 20.1 Å². The number of phenolic OH excluding ortho intramolecular Hbond substituents is 1. The number of nitrogens with zero attached hydrogens (tertiary/aromatic N) is 3. The number of phenols is 1. The van der Waals surface area contributed by atoms with Crippen LogP contribution in [0.25, 0.3) is 6.08 Å². The van der Waals surface area contributed by atoms with Crippen molar-refractivity contribution in [2.24, 2.45) is 10.2 Å². The SMILES string of the molecule is CCOc1cc(/C=N\N=C2\S/C(=C\c3ccc(OCc4ccc(Cl)cc4Cl)c(OC)c3)C(=O)N2Cc2ccco2)ccc1O. The summed E-state index contributed by atoms with van der Waals surface area (Å²) in [6.07, 6.45) is 4.82. The van der Waals surface area contributed by atoms with Gasteiger partial charge in [-0.15, -0.1) is 5.10 Å². The second-order valence-corrected chi connectivity index (χ2v) is 11.2. The van der Waals surface area contributed by atoms with E-state index in [0.29, 0.717) is 55.3 Å². The molecule has 2 heterocycles. The molecule has 1 aliphatic heterocycles. The van der Waals surface area contributed by atoms with E-state index in [9.17, 15) is 9.90 Å². The highest BCUT2D eigenvalue weighted by Gasteiger charge is 2.34.